The Balaban J connectivity index is 2.43. The number of piperidine rings is 1. The standard InChI is InChI=1S/C12H20N2OS/c1-3-4-5-11(15)14-8-6-12(10-13,16-2)7-9-14/h3-9H2,1-2H3. The van der Waals surface area contributed by atoms with E-state index in [1.807, 2.05) is 11.2 Å². The molecule has 1 amide bonds. The van der Waals surface area contributed by atoms with Gasteiger partial charge in [0.05, 0.1) is 6.07 Å². The highest BCUT2D eigenvalue weighted by molar-refractivity contribution is 8.00. The van der Waals surface area contributed by atoms with Crippen molar-refractivity contribution in [1.29, 1.82) is 5.26 Å². The monoisotopic (exact) mass is 240 g/mol. The highest BCUT2D eigenvalue weighted by Crippen LogP contribution is 2.33. The minimum absolute atomic E-state index is 0.248. The van der Waals surface area contributed by atoms with Crippen LogP contribution < -0.4 is 0 Å². The molecular formula is C12H20N2OS. The summed E-state index contributed by atoms with van der Waals surface area (Å²) >= 11 is 1.63. The summed E-state index contributed by atoms with van der Waals surface area (Å²) in [7, 11) is 0. The van der Waals surface area contributed by atoms with E-state index in [1.165, 1.54) is 0 Å². The van der Waals surface area contributed by atoms with Crippen molar-refractivity contribution < 1.29 is 4.79 Å². The molecule has 1 saturated heterocycles. The second-order valence-electron chi connectivity index (χ2n) is 4.29. The average Bonchev–Trinajstić information content (AvgIpc) is 2.36. The largest absolute Gasteiger partial charge is 0.343 e. The second kappa shape index (κ2) is 6.15. The first kappa shape index (κ1) is 13.4. The van der Waals surface area contributed by atoms with Crippen molar-refractivity contribution >= 4 is 17.7 Å². The highest BCUT2D eigenvalue weighted by Gasteiger charge is 2.35. The van der Waals surface area contributed by atoms with E-state index in [2.05, 4.69) is 13.0 Å². The van der Waals surface area contributed by atoms with Gasteiger partial charge in [-0.3, -0.25) is 4.79 Å². The van der Waals surface area contributed by atoms with Gasteiger partial charge in [-0.15, -0.1) is 11.8 Å². The number of unbranched alkanes of at least 4 members (excludes halogenated alkanes) is 1. The van der Waals surface area contributed by atoms with Crippen LogP contribution >= 0.6 is 11.8 Å². The third-order valence-electron chi connectivity index (χ3n) is 3.26. The molecule has 16 heavy (non-hydrogen) atoms. The van der Waals surface area contributed by atoms with Crippen molar-refractivity contribution in [2.45, 2.75) is 43.8 Å². The quantitative estimate of drug-likeness (QED) is 0.758. The Morgan fingerprint density at radius 3 is 2.56 bits per heavy atom. The van der Waals surface area contributed by atoms with E-state index in [1.54, 1.807) is 11.8 Å². The lowest BCUT2D eigenvalue weighted by Gasteiger charge is -2.36. The molecule has 3 nitrogen and oxygen atoms in total. The number of carbonyl (C=O) groups excluding carboxylic acids is 1. The zero-order chi connectivity index (χ0) is 12.0. The first-order valence-electron chi connectivity index (χ1n) is 5.91. The second-order valence-corrected chi connectivity index (χ2v) is 5.48. The van der Waals surface area contributed by atoms with Gasteiger partial charge in [-0.25, -0.2) is 0 Å². The molecule has 4 heteroatoms. The summed E-state index contributed by atoms with van der Waals surface area (Å²) < 4.78 is -0.248. The molecule has 0 unspecified atom stereocenters. The van der Waals surface area contributed by atoms with Gasteiger partial charge in [0.2, 0.25) is 5.91 Å². The van der Waals surface area contributed by atoms with Crippen LogP contribution in [0.4, 0.5) is 0 Å². The van der Waals surface area contributed by atoms with Gasteiger partial charge < -0.3 is 4.90 Å². The van der Waals surface area contributed by atoms with Crippen LogP contribution in [0.25, 0.3) is 0 Å². The number of thioether (sulfide) groups is 1. The highest BCUT2D eigenvalue weighted by atomic mass is 32.2. The Morgan fingerprint density at radius 1 is 1.50 bits per heavy atom. The van der Waals surface area contributed by atoms with Gasteiger partial charge >= 0.3 is 0 Å². The van der Waals surface area contributed by atoms with Crippen molar-refractivity contribution in [3.63, 3.8) is 0 Å². The van der Waals surface area contributed by atoms with E-state index in [4.69, 9.17) is 5.26 Å². The first-order valence-corrected chi connectivity index (χ1v) is 7.14. The summed E-state index contributed by atoms with van der Waals surface area (Å²) in [4.78, 5) is 13.7. The van der Waals surface area contributed by atoms with Crippen molar-refractivity contribution in [2.24, 2.45) is 0 Å². The topological polar surface area (TPSA) is 44.1 Å². The third kappa shape index (κ3) is 3.15. The number of rotatable bonds is 4. The molecule has 1 fully saturated rings. The van der Waals surface area contributed by atoms with Crippen LogP contribution in [0.1, 0.15) is 39.0 Å². The molecule has 0 atom stereocenters. The Labute approximate surface area is 102 Å². The fraction of sp³-hybridized carbons (Fsp3) is 0.833. The van der Waals surface area contributed by atoms with Gasteiger partial charge in [0.25, 0.3) is 0 Å². The minimum atomic E-state index is -0.248. The molecule has 1 aliphatic rings. The van der Waals surface area contributed by atoms with Crippen LogP contribution in [0.15, 0.2) is 0 Å². The Hall–Kier alpha value is -0.690. The van der Waals surface area contributed by atoms with E-state index in [0.717, 1.165) is 38.8 Å². The van der Waals surface area contributed by atoms with Gasteiger partial charge in [-0.05, 0) is 25.5 Å². The molecule has 90 valence electrons. The summed E-state index contributed by atoms with van der Waals surface area (Å²) in [5.74, 6) is 0.259. The zero-order valence-electron chi connectivity index (χ0n) is 10.2. The van der Waals surface area contributed by atoms with Crippen molar-refractivity contribution in [3.05, 3.63) is 0 Å². The van der Waals surface area contributed by atoms with E-state index < -0.39 is 0 Å². The molecule has 1 heterocycles. The lowest BCUT2D eigenvalue weighted by molar-refractivity contribution is -0.132. The van der Waals surface area contributed by atoms with E-state index in [9.17, 15) is 4.79 Å². The van der Waals surface area contributed by atoms with Crippen LogP contribution in [0.2, 0.25) is 0 Å². The van der Waals surface area contributed by atoms with Crippen LogP contribution in [0.3, 0.4) is 0 Å². The maximum absolute atomic E-state index is 11.8. The van der Waals surface area contributed by atoms with Crippen LogP contribution in [-0.4, -0.2) is 34.9 Å². The predicted octanol–water partition coefficient (Wildman–Crippen LogP) is 2.42. The van der Waals surface area contributed by atoms with Crippen LogP contribution in [0, 0.1) is 11.3 Å². The molecular weight excluding hydrogens is 220 g/mol. The molecule has 0 spiro atoms. The Bertz CT molecular complexity index is 277. The van der Waals surface area contributed by atoms with Gasteiger partial charge in [0.15, 0.2) is 0 Å². The lowest BCUT2D eigenvalue weighted by atomic mass is 9.97. The number of likely N-dealkylation sites (tertiary alicyclic amines) is 1. The average molecular weight is 240 g/mol. The summed E-state index contributed by atoms with van der Waals surface area (Å²) in [6.07, 6.45) is 6.30. The zero-order valence-corrected chi connectivity index (χ0v) is 11.0. The fourth-order valence-corrected chi connectivity index (χ4v) is 2.65. The van der Waals surface area contributed by atoms with Crippen molar-refractivity contribution in [1.82, 2.24) is 4.90 Å². The molecule has 0 aromatic rings. The van der Waals surface area contributed by atoms with Crippen LogP contribution in [-0.2, 0) is 4.79 Å². The molecule has 0 aromatic heterocycles. The maximum Gasteiger partial charge on any atom is 0.222 e. The number of hydrogen-bond acceptors (Lipinski definition) is 3. The van der Waals surface area contributed by atoms with Gasteiger partial charge in [-0.1, -0.05) is 13.3 Å². The number of carbonyl (C=O) groups is 1. The lowest BCUT2D eigenvalue weighted by Crippen LogP contribution is -2.44. The first-order chi connectivity index (χ1) is 7.67. The minimum Gasteiger partial charge on any atom is -0.343 e. The van der Waals surface area contributed by atoms with Crippen LogP contribution in [0.5, 0.6) is 0 Å². The molecule has 0 aromatic carbocycles. The van der Waals surface area contributed by atoms with Crippen molar-refractivity contribution in [2.75, 3.05) is 19.3 Å². The van der Waals surface area contributed by atoms with Gasteiger partial charge in [0, 0.05) is 19.5 Å². The summed E-state index contributed by atoms with van der Waals surface area (Å²) in [6, 6.07) is 2.39. The maximum atomic E-state index is 11.8. The van der Waals surface area contributed by atoms with E-state index in [0.29, 0.717) is 6.42 Å². The predicted molar refractivity (Wildman–Crippen MR) is 67.2 cm³/mol. The number of amides is 1. The Morgan fingerprint density at radius 2 is 2.12 bits per heavy atom. The number of hydrogen-bond donors (Lipinski definition) is 0. The summed E-state index contributed by atoms with van der Waals surface area (Å²) in [5.41, 5.74) is 0. The van der Waals surface area contributed by atoms with Gasteiger partial charge in [-0.2, -0.15) is 5.26 Å². The smallest absolute Gasteiger partial charge is 0.222 e. The molecule has 0 aliphatic carbocycles. The third-order valence-corrected chi connectivity index (χ3v) is 4.54. The molecule has 1 aliphatic heterocycles. The summed E-state index contributed by atoms with van der Waals surface area (Å²) in [5, 5.41) is 9.13. The molecule has 0 bridgehead atoms. The van der Waals surface area contributed by atoms with Crippen molar-refractivity contribution in [3.8, 4) is 6.07 Å². The number of nitrogens with zero attached hydrogens (tertiary/aromatic N) is 2. The normalized spacial score (nSPS) is 19.2. The molecule has 0 radical (unpaired) electrons. The Kier molecular flexibility index (Phi) is 5.14. The molecule has 1 rings (SSSR count). The van der Waals surface area contributed by atoms with Gasteiger partial charge in [0.1, 0.15) is 4.75 Å². The SMILES string of the molecule is CCCCC(=O)N1CCC(C#N)(SC)CC1. The number of nitriles is 1. The summed E-state index contributed by atoms with van der Waals surface area (Å²) in [6.45, 7) is 3.59. The fourth-order valence-electron chi connectivity index (χ4n) is 1.97. The van der Waals surface area contributed by atoms with E-state index >= 15 is 0 Å². The van der Waals surface area contributed by atoms with E-state index in [-0.39, 0.29) is 10.7 Å². The molecule has 0 N–H and O–H groups in total. The molecule has 0 saturated carbocycles.